The van der Waals surface area contributed by atoms with Crippen LogP contribution >= 0.6 is 0 Å². The highest BCUT2D eigenvalue weighted by atomic mass is 16.5. The van der Waals surface area contributed by atoms with Crippen LogP contribution < -0.4 is 10.5 Å². The summed E-state index contributed by atoms with van der Waals surface area (Å²) in [6.07, 6.45) is 1.92. The summed E-state index contributed by atoms with van der Waals surface area (Å²) in [4.78, 5) is 15.9. The molecule has 0 aliphatic heterocycles. The van der Waals surface area contributed by atoms with Gasteiger partial charge < -0.3 is 10.5 Å². The number of nitrogen functional groups attached to an aromatic ring is 1. The van der Waals surface area contributed by atoms with E-state index in [9.17, 15) is 4.79 Å². The van der Waals surface area contributed by atoms with Crippen LogP contribution in [0.1, 0.15) is 15.9 Å². The van der Waals surface area contributed by atoms with Gasteiger partial charge >= 0.3 is 0 Å². The van der Waals surface area contributed by atoms with Crippen molar-refractivity contribution in [1.29, 1.82) is 0 Å². The first-order chi connectivity index (χ1) is 8.69. The molecule has 1 aromatic heterocycles. The van der Waals surface area contributed by atoms with Gasteiger partial charge in [-0.2, -0.15) is 0 Å². The summed E-state index contributed by atoms with van der Waals surface area (Å²) in [6, 6.07) is 10.6. The summed E-state index contributed by atoms with van der Waals surface area (Å²) < 4.78 is 5.05. The van der Waals surface area contributed by atoms with Crippen LogP contribution in [0, 0.1) is 0 Å². The van der Waals surface area contributed by atoms with Crippen molar-refractivity contribution >= 4 is 11.6 Å². The van der Waals surface area contributed by atoms with Crippen LogP contribution in [0.3, 0.4) is 0 Å². The van der Waals surface area contributed by atoms with Crippen LogP contribution in [0.15, 0.2) is 42.6 Å². The molecule has 0 fully saturated rings. The van der Waals surface area contributed by atoms with E-state index in [0.29, 0.717) is 17.8 Å². The lowest BCUT2D eigenvalue weighted by Crippen LogP contribution is -2.04. The third-order valence-electron chi connectivity index (χ3n) is 2.62. The number of ether oxygens (including phenoxy) is 1. The molecule has 92 valence electrons. The average Bonchev–Trinajstić information content (AvgIpc) is 2.39. The summed E-state index contributed by atoms with van der Waals surface area (Å²) in [5, 5.41) is 0. The predicted octanol–water partition coefficient (Wildman–Crippen LogP) is 2.10. The first kappa shape index (κ1) is 12.1. The highest BCUT2D eigenvalue weighted by molar-refractivity contribution is 5.97. The van der Waals surface area contributed by atoms with E-state index in [2.05, 4.69) is 4.98 Å². The maximum atomic E-state index is 12.0. The zero-order valence-corrected chi connectivity index (χ0v) is 10.1. The molecule has 2 rings (SSSR count). The number of aromatic nitrogens is 1. The smallest absolute Gasteiger partial charge is 0.167 e. The number of anilines is 1. The normalized spacial score (nSPS) is 10.1. The Morgan fingerprint density at radius 1 is 1.28 bits per heavy atom. The molecule has 1 heterocycles. The molecule has 4 nitrogen and oxygen atoms in total. The van der Waals surface area contributed by atoms with E-state index in [4.69, 9.17) is 10.5 Å². The molecule has 0 saturated carbocycles. The second-order valence-electron chi connectivity index (χ2n) is 3.92. The van der Waals surface area contributed by atoms with Crippen LogP contribution in [0.4, 0.5) is 5.82 Å². The lowest BCUT2D eigenvalue weighted by molar-refractivity contribution is 0.0993. The zero-order valence-electron chi connectivity index (χ0n) is 10.1. The number of rotatable bonds is 4. The van der Waals surface area contributed by atoms with Gasteiger partial charge in [0.15, 0.2) is 5.78 Å². The number of carbonyl (C=O) groups is 1. The SMILES string of the molecule is COc1ccc(C(=O)Cc2ccnc(N)c2)cc1. The van der Waals surface area contributed by atoms with Gasteiger partial charge in [-0.05, 0) is 42.0 Å². The predicted molar refractivity (Wildman–Crippen MR) is 69.7 cm³/mol. The molecule has 18 heavy (non-hydrogen) atoms. The Morgan fingerprint density at radius 2 is 2.00 bits per heavy atom. The summed E-state index contributed by atoms with van der Waals surface area (Å²) >= 11 is 0. The fourth-order valence-electron chi connectivity index (χ4n) is 1.67. The lowest BCUT2D eigenvalue weighted by Gasteiger charge is -2.03. The van der Waals surface area contributed by atoms with Crippen molar-refractivity contribution in [2.45, 2.75) is 6.42 Å². The summed E-state index contributed by atoms with van der Waals surface area (Å²) in [7, 11) is 1.59. The number of carbonyl (C=O) groups excluding carboxylic acids is 1. The highest BCUT2D eigenvalue weighted by Crippen LogP contribution is 2.14. The molecule has 0 unspecified atom stereocenters. The van der Waals surface area contributed by atoms with E-state index in [1.54, 1.807) is 49.7 Å². The zero-order chi connectivity index (χ0) is 13.0. The van der Waals surface area contributed by atoms with Gasteiger partial charge in [0.2, 0.25) is 0 Å². The van der Waals surface area contributed by atoms with Crippen LogP contribution in [0.2, 0.25) is 0 Å². The second kappa shape index (κ2) is 5.31. The van der Waals surface area contributed by atoms with Gasteiger partial charge in [-0.3, -0.25) is 4.79 Å². The van der Waals surface area contributed by atoms with Crippen molar-refractivity contribution in [1.82, 2.24) is 4.98 Å². The Kier molecular flexibility index (Phi) is 3.57. The minimum Gasteiger partial charge on any atom is -0.497 e. The van der Waals surface area contributed by atoms with Crippen LogP contribution in [0.25, 0.3) is 0 Å². The first-order valence-electron chi connectivity index (χ1n) is 5.56. The molecule has 0 radical (unpaired) electrons. The number of ketones is 1. The average molecular weight is 242 g/mol. The van der Waals surface area contributed by atoms with Gasteiger partial charge in [-0.1, -0.05) is 0 Å². The molecule has 0 atom stereocenters. The second-order valence-corrected chi connectivity index (χ2v) is 3.92. The molecule has 4 heteroatoms. The van der Waals surface area contributed by atoms with E-state index < -0.39 is 0 Å². The van der Waals surface area contributed by atoms with E-state index in [0.717, 1.165) is 11.3 Å². The standard InChI is InChI=1S/C14H14N2O2/c1-18-12-4-2-11(3-5-12)13(17)8-10-6-7-16-14(15)9-10/h2-7,9H,8H2,1H3,(H2,15,16). The maximum absolute atomic E-state index is 12.0. The third-order valence-corrected chi connectivity index (χ3v) is 2.62. The van der Waals surface area contributed by atoms with E-state index in [1.165, 1.54) is 0 Å². The third kappa shape index (κ3) is 2.85. The number of methoxy groups -OCH3 is 1. The minimum absolute atomic E-state index is 0.0447. The van der Waals surface area contributed by atoms with Crippen molar-refractivity contribution < 1.29 is 9.53 Å². The molecular weight excluding hydrogens is 228 g/mol. The summed E-state index contributed by atoms with van der Waals surface area (Å²) in [5.74, 6) is 1.21. The fraction of sp³-hybridized carbons (Fsp3) is 0.143. The first-order valence-corrected chi connectivity index (χ1v) is 5.56. The highest BCUT2D eigenvalue weighted by Gasteiger charge is 2.07. The Balaban J connectivity index is 2.11. The minimum atomic E-state index is 0.0447. The van der Waals surface area contributed by atoms with Crippen molar-refractivity contribution in [3.05, 3.63) is 53.7 Å². The molecule has 0 bridgehead atoms. The van der Waals surface area contributed by atoms with Gasteiger partial charge in [-0.15, -0.1) is 0 Å². The Morgan fingerprint density at radius 3 is 2.61 bits per heavy atom. The Hall–Kier alpha value is -2.36. The van der Waals surface area contributed by atoms with Crippen molar-refractivity contribution in [3.63, 3.8) is 0 Å². The molecule has 0 amide bonds. The molecule has 1 aromatic carbocycles. The number of hydrogen-bond acceptors (Lipinski definition) is 4. The molecule has 0 spiro atoms. The number of nitrogens with two attached hydrogens (primary N) is 1. The fourth-order valence-corrected chi connectivity index (χ4v) is 1.67. The number of Topliss-reactive ketones (excluding diaryl/α,β-unsaturated/α-hetero) is 1. The molecule has 0 aliphatic carbocycles. The van der Waals surface area contributed by atoms with Crippen molar-refractivity contribution in [2.24, 2.45) is 0 Å². The largest absolute Gasteiger partial charge is 0.497 e. The Labute approximate surface area is 105 Å². The lowest BCUT2D eigenvalue weighted by atomic mass is 10.0. The monoisotopic (exact) mass is 242 g/mol. The molecular formula is C14H14N2O2. The van der Waals surface area contributed by atoms with Gasteiger partial charge in [0.05, 0.1) is 7.11 Å². The molecule has 2 N–H and O–H groups in total. The number of benzene rings is 1. The van der Waals surface area contributed by atoms with E-state index >= 15 is 0 Å². The Bertz CT molecular complexity index is 550. The maximum Gasteiger partial charge on any atom is 0.167 e. The molecule has 0 aliphatic rings. The van der Waals surface area contributed by atoms with Crippen molar-refractivity contribution in [2.75, 3.05) is 12.8 Å². The van der Waals surface area contributed by atoms with Gasteiger partial charge in [0, 0.05) is 18.2 Å². The van der Waals surface area contributed by atoms with Gasteiger partial charge in [0.1, 0.15) is 11.6 Å². The summed E-state index contributed by atoms with van der Waals surface area (Å²) in [5.41, 5.74) is 7.09. The van der Waals surface area contributed by atoms with E-state index in [-0.39, 0.29) is 5.78 Å². The quantitative estimate of drug-likeness (QED) is 0.834. The van der Waals surface area contributed by atoms with Crippen LogP contribution in [-0.4, -0.2) is 17.9 Å². The summed E-state index contributed by atoms with van der Waals surface area (Å²) in [6.45, 7) is 0. The van der Waals surface area contributed by atoms with Crippen molar-refractivity contribution in [3.8, 4) is 5.75 Å². The number of pyridine rings is 1. The van der Waals surface area contributed by atoms with Crippen LogP contribution in [0.5, 0.6) is 5.75 Å². The molecule has 2 aromatic rings. The van der Waals surface area contributed by atoms with Gasteiger partial charge in [0.25, 0.3) is 0 Å². The molecule has 0 saturated heterocycles. The van der Waals surface area contributed by atoms with Gasteiger partial charge in [-0.25, -0.2) is 4.98 Å². The van der Waals surface area contributed by atoms with Crippen LogP contribution in [-0.2, 0) is 6.42 Å². The van der Waals surface area contributed by atoms with E-state index in [1.807, 2.05) is 0 Å². The number of nitrogens with zero attached hydrogens (tertiary/aromatic N) is 1. The topological polar surface area (TPSA) is 65.2 Å². The number of hydrogen-bond donors (Lipinski definition) is 1.